The Hall–Kier alpha value is -2.01. The molecule has 2 N–H and O–H groups in total. The second-order valence-corrected chi connectivity index (χ2v) is 4.20. The van der Waals surface area contributed by atoms with Gasteiger partial charge in [-0.1, -0.05) is 18.3 Å². The van der Waals surface area contributed by atoms with Crippen LogP contribution in [0.5, 0.6) is 11.5 Å². The molecule has 1 aromatic carbocycles. The summed E-state index contributed by atoms with van der Waals surface area (Å²) >= 11 is 4.79. The van der Waals surface area contributed by atoms with E-state index >= 15 is 0 Å². The maximum absolute atomic E-state index is 13.3. The van der Waals surface area contributed by atoms with E-state index in [2.05, 4.69) is 4.98 Å². The zero-order valence-corrected chi connectivity index (χ0v) is 10.5. The van der Waals surface area contributed by atoms with Crippen LogP contribution in [0, 0.1) is 12.7 Å². The van der Waals surface area contributed by atoms with Gasteiger partial charge in [0, 0.05) is 6.07 Å². The molecule has 18 heavy (non-hydrogen) atoms. The first-order chi connectivity index (χ1) is 8.56. The van der Waals surface area contributed by atoms with Crippen molar-refractivity contribution in [2.24, 2.45) is 5.73 Å². The van der Waals surface area contributed by atoms with Crippen LogP contribution in [0.15, 0.2) is 36.5 Å². The predicted octanol–water partition coefficient (Wildman–Crippen LogP) is 2.96. The molecule has 3 nitrogen and oxygen atoms in total. The minimum absolute atomic E-state index is 0.225. The SMILES string of the molecule is Cc1ccc(Oc2ccc(C(N)=S)nc2)cc1F. The van der Waals surface area contributed by atoms with Crippen molar-refractivity contribution in [2.75, 3.05) is 0 Å². The Morgan fingerprint density at radius 3 is 2.56 bits per heavy atom. The summed E-state index contributed by atoms with van der Waals surface area (Å²) < 4.78 is 18.8. The number of aryl methyl sites for hydroxylation is 1. The number of pyridine rings is 1. The lowest BCUT2D eigenvalue weighted by Crippen LogP contribution is -2.10. The third-order valence-electron chi connectivity index (χ3n) is 2.37. The average Bonchev–Trinajstić information content (AvgIpc) is 2.34. The second-order valence-electron chi connectivity index (χ2n) is 3.76. The Bertz CT molecular complexity index is 584. The molecule has 2 aromatic rings. The third kappa shape index (κ3) is 2.81. The normalized spacial score (nSPS) is 10.1. The molecule has 0 amide bonds. The number of aromatic nitrogens is 1. The average molecular weight is 262 g/mol. The minimum Gasteiger partial charge on any atom is -0.456 e. The number of benzene rings is 1. The molecule has 0 saturated heterocycles. The summed E-state index contributed by atoms with van der Waals surface area (Å²) in [5.41, 5.74) is 6.53. The highest BCUT2D eigenvalue weighted by Crippen LogP contribution is 2.22. The Morgan fingerprint density at radius 1 is 1.28 bits per heavy atom. The maximum atomic E-state index is 13.3. The van der Waals surface area contributed by atoms with E-state index in [1.807, 2.05) is 0 Å². The number of nitrogens with two attached hydrogens (primary N) is 1. The van der Waals surface area contributed by atoms with E-state index in [0.717, 1.165) is 0 Å². The van der Waals surface area contributed by atoms with E-state index in [4.69, 9.17) is 22.7 Å². The van der Waals surface area contributed by atoms with Gasteiger partial charge in [0.1, 0.15) is 22.3 Å². The number of hydrogen-bond acceptors (Lipinski definition) is 3. The van der Waals surface area contributed by atoms with Gasteiger partial charge in [-0.05, 0) is 30.7 Å². The van der Waals surface area contributed by atoms with Gasteiger partial charge in [-0.15, -0.1) is 0 Å². The topological polar surface area (TPSA) is 48.1 Å². The summed E-state index contributed by atoms with van der Waals surface area (Å²) in [7, 11) is 0. The molecule has 1 aromatic heterocycles. The number of ether oxygens (including phenoxy) is 1. The van der Waals surface area contributed by atoms with Crippen LogP contribution in [-0.2, 0) is 0 Å². The smallest absolute Gasteiger partial charge is 0.145 e. The molecule has 5 heteroatoms. The zero-order valence-electron chi connectivity index (χ0n) is 9.68. The van der Waals surface area contributed by atoms with Crippen molar-refractivity contribution < 1.29 is 9.13 Å². The fourth-order valence-corrected chi connectivity index (χ4v) is 1.48. The molecule has 0 atom stereocenters. The molecule has 1 heterocycles. The fraction of sp³-hybridized carbons (Fsp3) is 0.0769. The molecule has 2 rings (SSSR count). The largest absolute Gasteiger partial charge is 0.456 e. The third-order valence-corrected chi connectivity index (χ3v) is 2.58. The molecule has 92 valence electrons. The van der Waals surface area contributed by atoms with Gasteiger partial charge in [0.25, 0.3) is 0 Å². The number of rotatable bonds is 3. The van der Waals surface area contributed by atoms with Gasteiger partial charge in [-0.3, -0.25) is 0 Å². The van der Waals surface area contributed by atoms with Gasteiger partial charge in [-0.2, -0.15) is 0 Å². The van der Waals surface area contributed by atoms with Gasteiger partial charge in [-0.25, -0.2) is 9.37 Å². The van der Waals surface area contributed by atoms with Crippen molar-refractivity contribution in [3.05, 3.63) is 53.6 Å². The molecule has 0 aliphatic heterocycles. The Balaban J connectivity index is 2.18. The van der Waals surface area contributed by atoms with Gasteiger partial charge in [0.2, 0.25) is 0 Å². The fourth-order valence-electron chi connectivity index (χ4n) is 1.36. The van der Waals surface area contributed by atoms with Crippen LogP contribution in [-0.4, -0.2) is 9.97 Å². The van der Waals surface area contributed by atoms with E-state index in [9.17, 15) is 4.39 Å². The Labute approximate surface area is 109 Å². The van der Waals surface area contributed by atoms with Crippen molar-refractivity contribution in [2.45, 2.75) is 6.92 Å². The Kier molecular flexibility index (Phi) is 3.53. The van der Waals surface area contributed by atoms with Crippen molar-refractivity contribution >= 4 is 17.2 Å². The standard InChI is InChI=1S/C13H11FN2OS/c1-8-2-3-9(6-11(8)14)17-10-4-5-12(13(15)18)16-7-10/h2-7H,1H3,(H2,15,18). The summed E-state index contributed by atoms with van der Waals surface area (Å²) in [5, 5.41) is 0. The second kappa shape index (κ2) is 5.10. The molecule has 0 radical (unpaired) electrons. The summed E-state index contributed by atoms with van der Waals surface area (Å²) in [6, 6.07) is 8.01. The lowest BCUT2D eigenvalue weighted by Gasteiger charge is -2.06. The zero-order chi connectivity index (χ0) is 13.1. The summed E-state index contributed by atoms with van der Waals surface area (Å²) in [4.78, 5) is 4.25. The molecule has 0 aliphatic carbocycles. The first kappa shape index (κ1) is 12.4. The molecule has 0 saturated carbocycles. The van der Waals surface area contributed by atoms with Crippen molar-refractivity contribution in [1.29, 1.82) is 0 Å². The summed E-state index contributed by atoms with van der Waals surface area (Å²) in [6.45, 7) is 1.69. The molecule has 0 fully saturated rings. The van der Waals surface area contributed by atoms with E-state index < -0.39 is 0 Å². The maximum Gasteiger partial charge on any atom is 0.145 e. The lowest BCUT2D eigenvalue weighted by atomic mass is 10.2. The molecule has 0 unspecified atom stereocenters. The molecule has 0 aliphatic rings. The Morgan fingerprint density at radius 2 is 2.00 bits per heavy atom. The van der Waals surface area contributed by atoms with E-state index in [0.29, 0.717) is 22.8 Å². The van der Waals surface area contributed by atoms with Crippen LogP contribution < -0.4 is 10.5 Å². The molecule has 0 spiro atoms. The monoisotopic (exact) mass is 262 g/mol. The van der Waals surface area contributed by atoms with Crippen LogP contribution in [0.3, 0.4) is 0 Å². The van der Waals surface area contributed by atoms with E-state index in [1.165, 1.54) is 12.3 Å². The van der Waals surface area contributed by atoms with Crippen LogP contribution in [0.2, 0.25) is 0 Å². The van der Waals surface area contributed by atoms with E-state index in [-0.39, 0.29) is 10.8 Å². The van der Waals surface area contributed by atoms with Crippen LogP contribution in [0.25, 0.3) is 0 Å². The predicted molar refractivity (Wildman–Crippen MR) is 71.3 cm³/mol. The quantitative estimate of drug-likeness (QED) is 0.864. The number of thiocarbonyl (C=S) groups is 1. The highest BCUT2D eigenvalue weighted by atomic mass is 32.1. The highest BCUT2D eigenvalue weighted by Gasteiger charge is 2.03. The molecular weight excluding hydrogens is 251 g/mol. The molecule has 0 bridgehead atoms. The van der Waals surface area contributed by atoms with Gasteiger partial charge < -0.3 is 10.5 Å². The number of nitrogens with zero attached hydrogens (tertiary/aromatic N) is 1. The number of hydrogen-bond donors (Lipinski definition) is 1. The van der Waals surface area contributed by atoms with Gasteiger partial charge in [0.15, 0.2) is 0 Å². The van der Waals surface area contributed by atoms with Crippen LogP contribution >= 0.6 is 12.2 Å². The van der Waals surface area contributed by atoms with Gasteiger partial charge >= 0.3 is 0 Å². The summed E-state index contributed by atoms with van der Waals surface area (Å²) in [6.07, 6.45) is 1.49. The van der Waals surface area contributed by atoms with Crippen LogP contribution in [0.4, 0.5) is 4.39 Å². The van der Waals surface area contributed by atoms with Crippen molar-refractivity contribution in [3.63, 3.8) is 0 Å². The lowest BCUT2D eigenvalue weighted by molar-refractivity contribution is 0.474. The van der Waals surface area contributed by atoms with Gasteiger partial charge in [0.05, 0.1) is 11.9 Å². The first-order valence-corrected chi connectivity index (χ1v) is 5.67. The minimum atomic E-state index is -0.305. The highest BCUT2D eigenvalue weighted by molar-refractivity contribution is 7.80. The molecular formula is C13H11FN2OS. The number of halogens is 1. The van der Waals surface area contributed by atoms with E-state index in [1.54, 1.807) is 31.2 Å². The van der Waals surface area contributed by atoms with Crippen molar-refractivity contribution in [3.8, 4) is 11.5 Å². The van der Waals surface area contributed by atoms with Crippen LogP contribution in [0.1, 0.15) is 11.3 Å². The van der Waals surface area contributed by atoms with Crippen molar-refractivity contribution in [1.82, 2.24) is 4.98 Å². The summed E-state index contributed by atoms with van der Waals surface area (Å²) in [5.74, 6) is 0.612. The first-order valence-electron chi connectivity index (χ1n) is 5.26.